The predicted octanol–water partition coefficient (Wildman–Crippen LogP) is 1.79. The van der Waals surface area contributed by atoms with E-state index in [2.05, 4.69) is 6.92 Å². The van der Waals surface area contributed by atoms with Crippen LogP contribution in [0.2, 0.25) is 0 Å². The second-order valence-electron chi connectivity index (χ2n) is 4.95. The lowest BCUT2D eigenvalue weighted by molar-refractivity contribution is -0.148. The smallest absolute Gasteiger partial charge is 0.229 e. The summed E-state index contributed by atoms with van der Waals surface area (Å²) in [6.45, 7) is 2.38. The standard InChI is InChI=1S/C15H20N2O2/c1-2-11-6-8-12(9-7-11)13(16)10-17-14(18)4-3-5-15(17)19/h6-9,13H,2-5,10,16H2,1H3. The minimum Gasteiger partial charge on any atom is -0.322 e. The highest BCUT2D eigenvalue weighted by atomic mass is 16.2. The van der Waals surface area contributed by atoms with Gasteiger partial charge in [0.05, 0.1) is 0 Å². The number of piperidine rings is 1. The molecule has 1 atom stereocenters. The Labute approximate surface area is 113 Å². The van der Waals surface area contributed by atoms with Crippen LogP contribution >= 0.6 is 0 Å². The van der Waals surface area contributed by atoms with Gasteiger partial charge in [-0.2, -0.15) is 0 Å². The van der Waals surface area contributed by atoms with Crippen molar-refractivity contribution in [3.05, 3.63) is 35.4 Å². The van der Waals surface area contributed by atoms with Crippen LogP contribution in [0.15, 0.2) is 24.3 Å². The molecule has 1 aromatic rings. The summed E-state index contributed by atoms with van der Waals surface area (Å²) in [6, 6.07) is 7.71. The fourth-order valence-corrected chi connectivity index (χ4v) is 2.31. The molecule has 0 saturated carbocycles. The SMILES string of the molecule is CCc1ccc(C(N)CN2C(=O)CCCC2=O)cc1. The van der Waals surface area contributed by atoms with E-state index in [0.29, 0.717) is 19.3 Å². The molecule has 0 bridgehead atoms. The van der Waals surface area contributed by atoms with E-state index in [1.165, 1.54) is 10.5 Å². The van der Waals surface area contributed by atoms with Crippen LogP contribution in [0.1, 0.15) is 43.4 Å². The van der Waals surface area contributed by atoms with Crippen LogP contribution in [0.3, 0.4) is 0 Å². The summed E-state index contributed by atoms with van der Waals surface area (Å²) in [5.41, 5.74) is 8.31. The Balaban J connectivity index is 2.04. The van der Waals surface area contributed by atoms with Gasteiger partial charge in [0.15, 0.2) is 0 Å². The van der Waals surface area contributed by atoms with E-state index in [-0.39, 0.29) is 24.4 Å². The summed E-state index contributed by atoms with van der Waals surface area (Å²) < 4.78 is 0. The molecule has 1 fully saturated rings. The van der Waals surface area contributed by atoms with E-state index in [0.717, 1.165) is 12.0 Å². The number of aryl methyl sites for hydroxylation is 1. The molecular formula is C15H20N2O2. The number of imide groups is 1. The topological polar surface area (TPSA) is 63.4 Å². The monoisotopic (exact) mass is 260 g/mol. The minimum absolute atomic E-state index is 0.100. The molecular weight excluding hydrogens is 240 g/mol. The van der Waals surface area contributed by atoms with Gasteiger partial charge >= 0.3 is 0 Å². The molecule has 4 nitrogen and oxygen atoms in total. The molecule has 19 heavy (non-hydrogen) atoms. The number of carbonyl (C=O) groups excluding carboxylic acids is 2. The third-order valence-corrected chi connectivity index (χ3v) is 3.58. The highest BCUT2D eigenvalue weighted by Gasteiger charge is 2.27. The number of carbonyl (C=O) groups is 2. The van der Waals surface area contributed by atoms with Gasteiger partial charge in [0.2, 0.25) is 11.8 Å². The number of hydrogen-bond acceptors (Lipinski definition) is 3. The second-order valence-corrected chi connectivity index (χ2v) is 4.95. The first-order chi connectivity index (χ1) is 9.11. The maximum Gasteiger partial charge on any atom is 0.229 e. The molecule has 4 heteroatoms. The number of rotatable bonds is 4. The van der Waals surface area contributed by atoms with Crippen LogP contribution in [-0.2, 0) is 16.0 Å². The lowest BCUT2D eigenvalue weighted by Gasteiger charge is -2.27. The summed E-state index contributed by atoms with van der Waals surface area (Å²) >= 11 is 0. The quantitative estimate of drug-likeness (QED) is 0.839. The van der Waals surface area contributed by atoms with Crippen molar-refractivity contribution in [1.82, 2.24) is 4.90 Å². The van der Waals surface area contributed by atoms with Gasteiger partial charge in [-0.25, -0.2) is 0 Å². The van der Waals surface area contributed by atoms with Gasteiger partial charge in [0.25, 0.3) is 0 Å². The summed E-state index contributed by atoms with van der Waals surface area (Å²) in [7, 11) is 0. The number of nitrogens with zero attached hydrogens (tertiary/aromatic N) is 1. The Morgan fingerprint density at radius 1 is 1.16 bits per heavy atom. The van der Waals surface area contributed by atoms with E-state index in [1.54, 1.807) is 0 Å². The Hall–Kier alpha value is -1.68. The average molecular weight is 260 g/mol. The lowest BCUT2D eigenvalue weighted by Crippen LogP contribution is -2.43. The van der Waals surface area contributed by atoms with Crippen LogP contribution in [0, 0.1) is 0 Å². The highest BCUT2D eigenvalue weighted by molar-refractivity contribution is 5.97. The number of nitrogens with two attached hydrogens (primary N) is 1. The van der Waals surface area contributed by atoms with Gasteiger partial charge in [0.1, 0.15) is 0 Å². The van der Waals surface area contributed by atoms with Crippen molar-refractivity contribution in [2.24, 2.45) is 5.73 Å². The fourth-order valence-electron chi connectivity index (χ4n) is 2.31. The van der Waals surface area contributed by atoms with Gasteiger partial charge in [-0.15, -0.1) is 0 Å². The molecule has 2 N–H and O–H groups in total. The molecule has 0 spiro atoms. The minimum atomic E-state index is -0.308. The third kappa shape index (κ3) is 3.20. The highest BCUT2D eigenvalue weighted by Crippen LogP contribution is 2.18. The molecule has 0 radical (unpaired) electrons. The number of likely N-dealkylation sites (tertiary alicyclic amines) is 1. The molecule has 102 valence electrons. The predicted molar refractivity (Wildman–Crippen MR) is 73.3 cm³/mol. The summed E-state index contributed by atoms with van der Waals surface area (Å²) in [5, 5.41) is 0. The van der Waals surface area contributed by atoms with Crippen molar-refractivity contribution in [3.63, 3.8) is 0 Å². The first-order valence-electron chi connectivity index (χ1n) is 6.79. The third-order valence-electron chi connectivity index (χ3n) is 3.58. The van der Waals surface area contributed by atoms with E-state index >= 15 is 0 Å². The average Bonchev–Trinajstić information content (AvgIpc) is 2.43. The van der Waals surface area contributed by atoms with Gasteiger partial charge in [-0.3, -0.25) is 14.5 Å². The Morgan fingerprint density at radius 2 is 1.74 bits per heavy atom. The van der Waals surface area contributed by atoms with Crippen molar-refractivity contribution < 1.29 is 9.59 Å². The lowest BCUT2D eigenvalue weighted by atomic mass is 10.0. The van der Waals surface area contributed by atoms with Gasteiger partial charge in [-0.05, 0) is 24.0 Å². The summed E-state index contributed by atoms with van der Waals surface area (Å²) in [4.78, 5) is 24.8. The van der Waals surface area contributed by atoms with E-state index in [4.69, 9.17) is 5.73 Å². The molecule has 1 saturated heterocycles. The van der Waals surface area contributed by atoms with Crippen LogP contribution < -0.4 is 5.73 Å². The molecule has 0 aromatic heterocycles. The van der Waals surface area contributed by atoms with Crippen LogP contribution in [0.5, 0.6) is 0 Å². The Kier molecular flexibility index (Phi) is 4.32. The summed E-state index contributed by atoms with van der Waals surface area (Å²) in [6.07, 6.45) is 2.55. The van der Waals surface area contributed by atoms with Gasteiger partial charge in [-0.1, -0.05) is 31.2 Å². The molecule has 2 amide bonds. The normalized spacial score (nSPS) is 17.7. The van der Waals surface area contributed by atoms with Crippen molar-refractivity contribution >= 4 is 11.8 Å². The maximum atomic E-state index is 11.7. The van der Waals surface area contributed by atoms with Crippen molar-refractivity contribution in [2.45, 2.75) is 38.6 Å². The Bertz CT molecular complexity index is 452. The zero-order chi connectivity index (χ0) is 13.8. The van der Waals surface area contributed by atoms with E-state index < -0.39 is 0 Å². The van der Waals surface area contributed by atoms with E-state index in [1.807, 2.05) is 24.3 Å². The number of hydrogen-bond donors (Lipinski definition) is 1. The van der Waals surface area contributed by atoms with Crippen LogP contribution in [-0.4, -0.2) is 23.3 Å². The molecule has 1 heterocycles. The zero-order valence-corrected chi connectivity index (χ0v) is 11.3. The second kappa shape index (κ2) is 5.97. The van der Waals surface area contributed by atoms with Crippen LogP contribution in [0.25, 0.3) is 0 Å². The molecule has 0 aliphatic carbocycles. The molecule has 1 aromatic carbocycles. The fraction of sp³-hybridized carbons (Fsp3) is 0.467. The summed E-state index contributed by atoms with van der Waals surface area (Å²) in [5.74, 6) is -0.200. The van der Waals surface area contributed by atoms with Gasteiger partial charge < -0.3 is 5.73 Å². The molecule has 1 aliphatic heterocycles. The zero-order valence-electron chi connectivity index (χ0n) is 11.3. The Morgan fingerprint density at radius 3 is 2.26 bits per heavy atom. The largest absolute Gasteiger partial charge is 0.322 e. The molecule has 1 aliphatic rings. The van der Waals surface area contributed by atoms with Crippen molar-refractivity contribution in [1.29, 1.82) is 0 Å². The van der Waals surface area contributed by atoms with Crippen molar-refractivity contribution in [2.75, 3.05) is 6.54 Å². The first kappa shape index (κ1) is 13.7. The maximum absolute atomic E-state index is 11.7. The number of benzene rings is 1. The van der Waals surface area contributed by atoms with Crippen LogP contribution in [0.4, 0.5) is 0 Å². The molecule has 2 rings (SSSR count). The first-order valence-corrected chi connectivity index (χ1v) is 6.79. The molecule has 1 unspecified atom stereocenters. The number of amides is 2. The van der Waals surface area contributed by atoms with Gasteiger partial charge in [0, 0.05) is 25.4 Å². The van der Waals surface area contributed by atoms with E-state index in [9.17, 15) is 9.59 Å². The van der Waals surface area contributed by atoms with Crippen molar-refractivity contribution in [3.8, 4) is 0 Å².